The van der Waals surface area contributed by atoms with Crippen molar-refractivity contribution in [2.45, 2.75) is 192 Å². The highest BCUT2D eigenvalue weighted by atomic mass is 16.5. The lowest BCUT2D eigenvalue weighted by Crippen LogP contribution is -2.26. The molecule has 0 aliphatic carbocycles. The van der Waals surface area contributed by atoms with Crippen molar-refractivity contribution < 1.29 is 14.2 Å². The van der Waals surface area contributed by atoms with E-state index >= 15 is 0 Å². The molecule has 0 amide bonds. The van der Waals surface area contributed by atoms with Crippen LogP contribution in [0.2, 0.25) is 0 Å². The van der Waals surface area contributed by atoms with Crippen molar-refractivity contribution in [3.8, 4) is 0 Å². The van der Waals surface area contributed by atoms with E-state index in [2.05, 4.69) is 13.8 Å². The Morgan fingerprint density at radius 3 is 1.17 bits per heavy atom. The average Bonchev–Trinajstić information content (AvgIpc) is 2.80. The molecule has 4 unspecified atom stereocenters. The molecule has 0 N–H and O–H groups in total. The molecule has 0 radical (unpaired) electrons. The summed E-state index contributed by atoms with van der Waals surface area (Å²) >= 11 is 0. The Bertz CT molecular complexity index is 406. The van der Waals surface area contributed by atoms with E-state index in [0.717, 1.165) is 13.2 Å². The van der Waals surface area contributed by atoms with Gasteiger partial charge in [-0.3, -0.25) is 0 Å². The summed E-state index contributed by atoms with van der Waals surface area (Å²) < 4.78 is 18.1. The minimum Gasteiger partial charge on any atom is -0.378 e. The fraction of sp³-hybridized carbons (Fsp3) is 1.00. The lowest BCUT2D eigenvalue weighted by atomic mass is 9.98. The van der Waals surface area contributed by atoms with Crippen LogP contribution in [0.3, 0.4) is 0 Å². The van der Waals surface area contributed by atoms with E-state index < -0.39 is 0 Å². The summed E-state index contributed by atoms with van der Waals surface area (Å²) in [6.45, 7) is 6.61. The second-order valence-electron chi connectivity index (χ2n) is 11.6. The van der Waals surface area contributed by atoms with Crippen molar-refractivity contribution in [1.29, 1.82) is 0 Å². The lowest BCUT2D eigenvalue weighted by molar-refractivity contribution is -0.0563. The van der Waals surface area contributed by atoms with Crippen LogP contribution in [0.5, 0.6) is 0 Å². The van der Waals surface area contributed by atoms with E-state index in [-0.39, 0.29) is 0 Å². The summed E-state index contributed by atoms with van der Waals surface area (Å²) in [5.74, 6) is 0. The van der Waals surface area contributed by atoms with Crippen LogP contribution in [0.25, 0.3) is 0 Å². The number of ether oxygens (including phenoxy) is 3. The molecule has 0 bridgehead atoms. The largest absolute Gasteiger partial charge is 0.378 e. The first-order chi connectivity index (χ1) is 17.3. The molecule has 3 nitrogen and oxygen atoms in total. The summed E-state index contributed by atoms with van der Waals surface area (Å²) in [7, 11) is 0. The Labute approximate surface area is 219 Å². The van der Waals surface area contributed by atoms with E-state index in [9.17, 15) is 0 Å². The van der Waals surface area contributed by atoms with Crippen molar-refractivity contribution >= 4 is 0 Å². The number of rotatable bonds is 26. The molecule has 0 aromatic heterocycles. The van der Waals surface area contributed by atoms with Gasteiger partial charge in [-0.15, -0.1) is 0 Å². The predicted molar refractivity (Wildman–Crippen MR) is 150 cm³/mol. The maximum atomic E-state index is 6.93. The van der Waals surface area contributed by atoms with Crippen LogP contribution < -0.4 is 0 Å². The van der Waals surface area contributed by atoms with Gasteiger partial charge >= 0.3 is 0 Å². The SMILES string of the molecule is CCCCCCCC(CCCCCC1CCO1)OC(CCCCCCC)CCCCCC1CCO1. The second kappa shape index (κ2) is 21.9. The van der Waals surface area contributed by atoms with Crippen molar-refractivity contribution in [1.82, 2.24) is 0 Å². The van der Waals surface area contributed by atoms with Crippen LogP contribution in [0.4, 0.5) is 0 Å². The lowest BCUT2D eigenvalue weighted by Gasteiger charge is -2.27. The zero-order valence-electron chi connectivity index (χ0n) is 23.9. The molecule has 2 rings (SSSR count). The Balaban J connectivity index is 1.71. The van der Waals surface area contributed by atoms with Crippen LogP contribution >= 0.6 is 0 Å². The number of unbranched alkanes of at least 4 members (excludes halogenated alkanes) is 12. The first-order valence-electron chi connectivity index (χ1n) is 16.2. The van der Waals surface area contributed by atoms with E-state index in [1.54, 1.807) is 0 Å². The first-order valence-corrected chi connectivity index (χ1v) is 16.2. The first kappa shape index (κ1) is 31.1. The van der Waals surface area contributed by atoms with Gasteiger partial charge in [0, 0.05) is 13.2 Å². The van der Waals surface area contributed by atoms with Gasteiger partial charge in [-0.05, 0) is 51.4 Å². The molecule has 2 aliphatic rings. The zero-order valence-corrected chi connectivity index (χ0v) is 23.9. The topological polar surface area (TPSA) is 27.7 Å². The fourth-order valence-electron chi connectivity index (χ4n) is 5.65. The minimum absolute atomic E-state index is 0.487. The smallest absolute Gasteiger partial charge is 0.0597 e. The van der Waals surface area contributed by atoms with Gasteiger partial charge in [-0.1, -0.05) is 117 Å². The van der Waals surface area contributed by atoms with Crippen LogP contribution in [-0.4, -0.2) is 37.6 Å². The zero-order chi connectivity index (χ0) is 24.8. The Morgan fingerprint density at radius 2 is 0.857 bits per heavy atom. The number of hydrogen-bond acceptors (Lipinski definition) is 3. The third-order valence-electron chi connectivity index (χ3n) is 8.34. The normalized spacial score (nSPS) is 21.4. The fourth-order valence-corrected chi connectivity index (χ4v) is 5.65. The van der Waals surface area contributed by atoms with Gasteiger partial charge in [-0.25, -0.2) is 0 Å². The molecule has 2 fully saturated rings. The monoisotopic (exact) mass is 494 g/mol. The molecule has 2 heterocycles. The van der Waals surface area contributed by atoms with E-state index in [1.165, 1.54) is 154 Å². The van der Waals surface area contributed by atoms with E-state index in [4.69, 9.17) is 14.2 Å². The Morgan fingerprint density at radius 1 is 0.514 bits per heavy atom. The van der Waals surface area contributed by atoms with Gasteiger partial charge in [0.25, 0.3) is 0 Å². The summed E-state index contributed by atoms with van der Waals surface area (Å²) in [6, 6.07) is 0. The van der Waals surface area contributed by atoms with Crippen LogP contribution in [0.15, 0.2) is 0 Å². The molecule has 3 heteroatoms. The maximum absolute atomic E-state index is 6.93. The minimum atomic E-state index is 0.487. The molecule has 0 aromatic carbocycles. The Kier molecular flexibility index (Phi) is 19.5. The summed E-state index contributed by atoms with van der Waals surface area (Å²) in [5, 5.41) is 0. The predicted octanol–water partition coefficient (Wildman–Crippen LogP) is 9.94. The summed E-state index contributed by atoms with van der Waals surface area (Å²) in [5.41, 5.74) is 0. The highest BCUT2D eigenvalue weighted by Crippen LogP contribution is 2.25. The molecular formula is C32H62O3. The third kappa shape index (κ3) is 16.4. The van der Waals surface area contributed by atoms with Gasteiger partial charge < -0.3 is 14.2 Å². The number of hydrogen-bond donors (Lipinski definition) is 0. The highest BCUT2D eigenvalue weighted by molar-refractivity contribution is 4.70. The van der Waals surface area contributed by atoms with Crippen molar-refractivity contribution in [3.05, 3.63) is 0 Å². The van der Waals surface area contributed by atoms with Gasteiger partial charge in [0.15, 0.2) is 0 Å². The van der Waals surface area contributed by atoms with Crippen LogP contribution in [-0.2, 0) is 14.2 Å². The standard InChI is InChI=1S/C32H62O3/c1-3-5-7-9-13-21-31(23-17-11-15-19-29-25-27-33-29)35-32(22-14-10-8-6-4-2)24-18-12-16-20-30-26-28-34-30/h29-32H,3-28H2,1-2H3. The Hall–Kier alpha value is -0.120. The molecule has 4 atom stereocenters. The van der Waals surface area contributed by atoms with Crippen molar-refractivity contribution in [3.63, 3.8) is 0 Å². The van der Waals surface area contributed by atoms with Crippen LogP contribution in [0.1, 0.15) is 168 Å². The highest BCUT2D eigenvalue weighted by Gasteiger charge is 2.20. The van der Waals surface area contributed by atoms with Gasteiger partial charge in [0.05, 0.1) is 24.4 Å². The maximum Gasteiger partial charge on any atom is 0.0597 e. The third-order valence-corrected chi connectivity index (χ3v) is 8.34. The quantitative estimate of drug-likeness (QED) is 0.112. The van der Waals surface area contributed by atoms with Crippen molar-refractivity contribution in [2.75, 3.05) is 13.2 Å². The molecule has 0 saturated carbocycles. The molecular weight excluding hydrogens is 432 g/mol. The summed E-state index contributed by atoms with van der Waals surface area (Å²) in [4.78, 5) is 0. The molecule has 2 aliphatic heterocycles. The molecule has 208 valence electrons. The van der Waals surface area contributed by atoms with Gasteiger partial charge in [-0.2, -0.15) is 0 Å². The second-order valence-corrected chi connectivity index (χ2v) is 11.6. The van der Waals surface area contributed by atoms with Gasteiger partial charge in [0.2, 0.25) is 0 Å². The molecule has 2 saturated heterocycles. The van der Waals surface area contributed by atoms with Gasteiger partial charge in [0.1, 0.15) is 0 Å². The average molecular weight is 495 g/mol. The molecule has 35 heavy (non-hydrogen) atoms. The molecule has 0 aromatic rings. The summed E-state index contributed by atoms with van der Waals surface area (Å²) in [6.07, 6.45) is 34.1. The van der Waals surface area contributed by atoms with E-state index in [1.807, 2.05) is 0 Å². The molecule has 0 spiro atoms. The van der Waals surface area contributed by atoms with E-state index in [0.29, 0.717) is 24.4 Å². The van der Waals surface area contributed by atoms with Crippen molar-refractivity contribution in [2.24, 2.45) is 0 Å². The van der Waals surface area contributed by atoms with Crippen LogP contribution in [0, 0.1) is 0 Å².